The summed E-state index contributed by atoms with van der Waals surface area (Å²) in [6.45, 7) is 3.77. The first-order valence-electron chi connectivity index (χ1n) is 7.57. The number of hydrogen-bond acceptors (Lipinski definition) is 3. The maximum absolute atomic E-state index is 12.7. The monoisotopic (exact) mass is 291 g/mol. The molecule has 1 aromatic rings. The normalized spacial score (nSPS) is 16.2. The van der Waals surface area contributed by atoms with E-state index in [-0.39, 0.29) is 11.8 Å². The van der Waals surface area contributed by atoms with Crippen molar-refractivity contribution in [1.82, 2.24) is 4.90 Å². The highest BCUT2D eigenvalue weighted by Gasteiger charge is 2.09. The molecule has 1 aromatic carbocycles. The summed E-state index contributed by atoms with van der Waals surface area (Å²) < 4.78 is 17.9. The molecule has 0 aliphatic carbocycles. The summed E-state index contributed by atoms with van der Waals surface area (Å²) in [5, 5.41) is 0. The first kappa shape index (κ1) is 15.7. The maximum Gasteiger partial charge on any atom is 0.330 e. The van der Waals surface area contributed by atoms with Crippen LogP contribution in [0, 0.1) is 5.82 Å². The van der Waals surface area contributed by atoms with Gasteiger partial charge in [0.1, 0.15) is 5.82 Å². The topological polar surface area (TPSA) is 29.5 Å². The molecule has 0 unspecified atom stereocenters. The van der Waals surface area contributed by atoms with Crippen LogP contribution in [0.25, 0.3) is 6.08 Å². The Morgan fingerprint density at radius 3 is 2.62 bits per heavy atom. The first-order valence-corrected chi connectivity index (χ1v) is 7.57. The van der Waals surface area contributed by atoms with Gasteiger partial charge in [0.05, 0.1) is 6.61 Å². The lowest BCUT2D eigenvalue weighted by atomic mass is 10.1. The molecular formula is C17H22FNO2. The number of rotatable bonds is 6. The van der Waals surface area contributed by atoms with Crippen LogP contribution in [-0.4, -0.2) is 37.1 Å². The number of esters is 1. The number of piperidine rings is 1. The predicted molar refractivity (Wildman–Crippen MR) is 81.3 cm³/mol. The van der Waals surface area contributed by atoms with E-state index in [1.54, 1.807) is 18.2 Å². The summed E-state index contributed by atoms with van der Waals surface area (Å²) in [6.07, 6.45) is 7.77. The molecule has 1 fully saturated rings. The molecular weight excluding hydrogens is 269 g/mol. The molecule has 21 heavy (non-hydrogen) atoms. The molecule has 2 rings (SSSR count). The van der Waals surface area contributed by atoms with Gasteiger partial charge < -0.3 is 9.64 Å². The van der Waals surface area contributed by atoms with Crippen molar-refractivity contribution in [2.75, 3.05) is 26.2 Å². The lowest BCUT2D eigenvalue weighted by molar-refractivity contribution is -0.137. The minimum absolute atomic E-state index is 0.285. The van der Waals surface area contributed by atoms with Crippen molar-refractivity contribution in [3.05, 3.63) is 41.7 Å². The standard InChI is InChI=1S/C17H22FNO2/c18-16-8-5-15(6-9-16)7-10-17(20)21-14-4-13-19-11-2-1-3-12-19/h5-10H,1-4,11-14H2. The van der Waals surface area contributed by atoms with E-state index >= 15 is 0 Å². The molecule has 0 radical (unpaired) electrons. The summed E-state index contributed by atoms with van der Waals surface area (Å²) in [6, 6.07) is 5.97. The zero-order valence-electron chi connectivity index (χ0n) is 12.3. The van der Waals surface area contributed by atoms with Crippen molar-refractivity contribution in [2.45, 2.75) is 25.7 Å². The molecule has 0 saturated carbocycles. The highest BCUT2D eigenvalue weighted by Crippen LogP contribution is 2.09. The Labute approximate surface area is 125 Å². The van der Waals surface area contributed by atoms with Crippen LogP contribution in [0.1, 0.15) is 31.2 Å². The lowest BCUT2D eigenvalue weighted by Crippen LogP contribution is -2.31. The van der Waals surface area contributed by atoms with Gasteiger partial charge >= 0.3 is 5.97 Å². The molecule has 0 N–H and O–H groups in total. The van der Waals surface area contributed by atoms with Crippen molar-refractivity contribution in [1.29, 1.82) is 0 Å². The van der Waals surface area contributed by atoms with Gasteiger partial charge in [-0.1, -0.05) is 18.6 Å². The molecule has 1 aliphatic rings. The second-order valence-corrected chi connectivity index (χ2v) is 5.31. The van der Waals surface area contributed by atoms with Crippen LogP contribution in [0.2, 0.25) is 0 Å². The lowest BCUT2D eigenvalue weighted by Gasteiger charge is -2.26. The van der Waals surface area contributed by atoms with E-state index in [9.17, 15) is 9.18 Å². The largest absolute Gasteiger partial charge is 0.462 e. The van der Waals surface area contributed by atoms with Crippen molar-refractivity contribution in [2.24, 2.45) is 0 Å². The van der Waals surface area contributed by atoms with Crippen molar-refractivity contribution in [3.63, 3.8) is 0 Å². The van der Waals surface area contributed by atoms with E-state index in [4.69, 9.17) is 4.74 Å². The van der Waals surface area contributed by atoms with E-state index in [0.29, 0.717) is 6.61 Å². The highest BCUT2D eigenvalue weighted by atomic mass is 19.1. The molecule has 3 nitrogen and oxygen atoms in total. The average Bonchev–Trinajstić information content (AvgIpc) is 2.52. The van der Waals surface area contributed by atoms with E-state index in [1.165, 1.54) is 50.6 Å². The maximum atomic E-state index is 12.7. The van der Waals surface area contributed by atoms with Crippen LogP contribution in [0.15, 0.2) is 30.3 Å². The summed E-state index contributed by atoms with van der Waals surface area (Å²) >= 11 is 0. The SMILES string of the molecule is O=C(C=Cc1ccc(F)cc1)OCCCN1CCCCC1. The second kappa shape index (κ2) is 8.57. The van der Waals surface area contributed by atoms with E-state index in [2.05, 4.69) is 4.90 Å². The number of carbonyl (C=O) groups excluding carboxylic acids is 1. The Hall–Kier alpha value is -1.68. The fourth-order valence-corrected chi connectivity index (χ4v) is 2.43. The Balaban J connectivity index is 1.61. The first-order chi connectivity index (χ1) is 10.2. The summed E-state index contributed by atoms with van der Waals surface area (Å²) in [5.41, 5.74) is 0.779. The van der Waals surface area contributed by atoms with E-state index in [1.807, 2.05) is 0 Å². The number of carbonyl (C=O) groups is 1. The fraction of sp³-hybridized carbons (Fsp3) is 0.471. The quantitative estimate of drug-likeness (QED) is 0.458. The van der Waals surface area contributed by atoms with Crippen molar-refractivity contribution in [3.8, 4) is 0 Å². The van der Waals surface area contributed by atoms with E-state index < -0.39 is 0 Å². The van der Waals surface area contributed by atoms with E-state index in [0.717, 1.165) is 18.5 Å². The third-order valence-corrected chi connectivity index (χ3v) is 3.59. The molecule has 0 atom stereocenters. The molecule has 1 heterocycles. The van der Waals surface area contributed by atoms with Crippen LogP contribution in [0.3, 0.4) is 0 Å². The summed E-state index contributed by atoms with van der Waals surface area (Å²) in [4.78, 5) is 14.0. The van der Waals surface area contributed by atoms with Crippen LogP contribution < -0.4 is 0 Å². The fourth-order valence-electron chi connectivity index (χ4n) is 2.43. The molecule has 4 heteroatoms. The molecule has 0 bridgehead atoms. The van der Waals surface area contributed by atoms with Crippen LogP contribution in [0.5, 0.6) is 0 Å². The minimum Gasteiger partial charge on any atom is -0.462 e. The average molecular weight is 291 g/mol. The number of benzene rings is 1. The Bertz CT molecular complexity index is 464. The minimum atomic E-state index is -0.349. The van der Waals surface area contributed by atoms with Crippen molar-refractivity contribution >= 4 is 12.0 Å². The second-order valence-electron chi connectivity index (χ2n) is 5.31. The number of likely N-dealkylation sites (tertiary alicyclic amines) is 1. The molecule has 0 amide bonds. The highest BCUT2D eigenvalue weighted by molar-refractivity contribution is 5.86. The Morgan fingerprint density at radius 2 is 1.90 bits per heavy atom. The third-order valence-electron chi connectivity index (χ3n) is 3.59. The van der Waals surface area contributed by atoms with Crippen LogP contribution in [0.4, 0.5) is 4.39 Å². The van der Waals surface area contributed by atoms with Gasteiger partial charge in [-0.15, -0.1) is 0 Å². The predicted octanol–water partition coefficient (Wildman–Crippen LogP) is 3.26. The van der Waals surface area contributed by atoms with Gasteiger partial charge in [-0.2, -0.15) is 0 Å². The van der Waals surface area contributed by atoms with Crippen LogP contribution in [-0.2, 0) is 9.53 Å². The molecule has 114 valence electrons. The zero-order chi connectivity index (χ0) is 14.9. The summed E-state index contributed by atoms with van der Waals surface area (Å²) in [5.74, 6) is -0.634. The van der Waals surface area contributed by atoms with Gasteiger partial charge in [-0.25, -0.2) is 9.18 Å². The smallest absolute Gasteiger partial charge is 0.330 e. The van der Waals surface area contributed by atoms with Gasteiger partial charge in [0.25, 0.3) is 0 Å². The number of halogens is 1. The van der Waals surface area contributed by atoms with Gasteiger partial charge in [0.15, 0.2) is 0 Å². The molecule has 0 aromatic heterocycles. The van der Waals surface area contributed by atoms with Gasteiger partial charge in [-0.3, -0.25) is 0 Å². The number of nitrogens with zero attached hydrogens (tertiary/aromatic N) is 1. The van der Waals surface area contributed by atoms with Crippen LogP contribution >= 0.6 is 0 Å². The third kappa shape index (κ3) is 6.08. The Kier molecular flexibility index (Phi) is 6.41. The summed E-state index contributed by atoms with van der Waals surface area (Å²) in [7, 11) is 0. The molecule has 1 saturated heterocycles. The zero-order valence-corrected chi connectivity index (χ0v) is 12.3. The van der Waals surface area contributed by atoms with Crippen molar-refractivity contribution < 1.29 is 13.9 Å². The number of hydrogen-bond donors (Lipinski definition) is 0. The van der Waals surface area contributed by atoms with Gasteiger partial charge in [0, 0.05) is 12.6 Å². The molecule has 0 spiro atoms. The van der Waals surface area contributed by atoms with Gasteiger partial charge in [0.2, 0.25) is 0 Å². The Morgan fingerprint density at radius 1 is 1.19 bits per heavy atom. The van der Waals surface area contributed by atoms with Gasteiger partial charge in [-0.05, 0) is 56.1 Å². The number of ether oxygens (including phenoxy) is 1. The molecule has 1 aliphatic heterocycles.